The van der Waals surface area contributed by atoms with Gasteiger partial charge in [-0.05, 0) is 49.2 Å². The summed E-state index contributed by atoms with van der Waals surface area (Å²) >= 11 is 1.56. The summed E-state index contributed by atoms with van der Waals surface area (Å²) in [5.74, 6) is -0.0701. The van der Waals surface area contributed by atoms with Crippen LogP contribution in [0.2, 0.25) is 0 Å². The third-order valence-corrected chi connectivity index (χ3v) is 7.05. The van der Waals surface area contributed by atoms with Crippen LogP contribution < -0.4 is 4.90 Å². The second-order valence-corrected chi connectivity index (χ2v) is 9.03. The fraction of sp³-hybridized carbons (Fsp3) is 0.333. The molecule has 7 nitrogen and oxygen atoms in total. The highest BCUT2D eigenvalue weighted by atomic mass is 32.1. The molecule has 5 rings (SSSR count). The standard InChI is InChI=1S/C24H25N5O2S/c1-16-3-6-21-22(17(16)2)27-24(32-21)29(10-9-28-11-13-31-14-12-28)23(30)18-4-5-19-20(15-18)26-8-7-25-19/h3-8,15H,9-14H2,1-2H3. The molecule has 8 heteroatoms. The van der Waals surface area contributed by atoms with Gasteiger partial charge in [0, 0.05) is 44.1 Å². The number of anilines is 1. The highest BCUT2D eigenvalue weighted by Gasteiger charge is 2.24. The van der Waals surface area contributed by atoms with Gasteiger partial charge >= 0.3 is 0 Å². The van der Waals surface area contributed by atoms with E-state index in [2.05, 4.69) is 40.8 Å². The van der Waals surface area contributed by atoms with Crippen LogP contribution in [0.15, 0.2) is 42.7 Å². The molecule has 3 heterocycles. The number of amides is 1. The van der Waals surface area contributed by atoms with Crippen LogP contribution >= 0.6 is 11.3 Å². The van der Waals surface area contributed by atoms with Crippen molar-refractivity contribution in [1.29, 1.82) is 0 Å². The minimum atomic E-state index is -0.0701. The molecule has 0 unspecified atom stereocenters. The molecular formula is C24H25N5O2S. The number of hydrogen-bond donors (Lipinski definition) is 0. The third kappa shape index (κ3) is 4.09. The molecule has 0 atom stereocenters. The Kier molecular flexibility index (Phi) is 5.82. The van der Waals surface area contributed by atoms with E-state index < -0.39 is 0 Å². The second kappa shape index (κ2) is 8.90. The molecule has 2 aromatic heterocycles. The number of fused-ring (bicyclic) bond motifs is 2. The lowest BCUT2D eigenvalue weighted by molar-refractivity contribution is 0.0391. The molecule has 1 aliphatic rings. The highest BCUT2D eigenvalue weighted by molar-refractivity contribution is 7.22. The molecule has 0 N–H and O–H groups in total. The van der Waals surface area contributed by atoms with E-state index in [1.807, 2.05) is 23.1 Å². The summed E-state index contributed by atoms with van der Waals surface area (Å²) in [6.07, 6.45) is 3.30. The number of carbonyl (C=O) groups is 1. The lowest BCUT2D eigenvalue weighted by atomic mass is 10.1. The normalized spacial score (nSPS) is 14.8. The fourth-order valence-electron chi connectivity index (χ4n) is 3.93. The minimum absolute atomic E-state index is 0.0701. The van der Waals surface area contributed by atoms with E-state index in [0.29, 0.717) is 17.6 Å². The monoisotopic (exact) mass is 447 g/mol. The Hall–Kier alpha value is -2.94. The first-order chi connectivity index (χ1) is 15.6. The predicted molar refractivity (Wildman–Crippen MR) is 128 cm³/mol. The third-order valence-electron chi connectivity index (χ3n) is 6.01. The number of rotatable bonds is 5. The Bertz CT molecular complexity index is 1280. The van der Waals surface area contributed by atoms with Gasteiger partial charge in [-0.1, -0.05) is 17.4 Å². The molecule has 1 amide bonds. The van der Waals surface area contributed by atoms with Crippen LogP contribution in [0.5, 0.6) is 0 Å². The van der Waals surface area contributed by atoms with Crippen molar-refractivity contribution < 1.29 is 9.53 Å². The number of aromatic nitrogens is 3. The van der Waals surface area contributed by atoms with Crippen molar-refractivity contribution in [1.82, 2.24) is 19.9 Å². The summed E-state index contributed by atoms with van der Waals surface area (Å²) in [6, 6.07) is 9.69. The number of ether oxygens (including phenoxy) is 1. The minimum Gasteiger partial charge on any atom is -0.379 e. The van der Waals surface area contributed by atoms with E-state index >= 15 is 0 Å². The number of morpholine rings is 1. The molecule has 0 spiro atoms. The van der Waals surface area contributed by atoms with Crippen LogP contribution in [0.1, 0.15) is 21.5 Å². The van der Waals surface area contributed by atoms with E-state index in [4.69, 9.17) is 9.72 Å². The molecule has 2 aromatic carbocycles. The number of carbonyl (C=O) groups excluding carboxylic acids is 1. The maximum absolute atomic E-state index is 13.7. The lowest BCUT2D eigenvalue weighted by Crippen LogP contribution is -2.43. The van der Waals surface area contributed by atoms with Gasteiger partial charge < -0.3 is 4.74 Å². The zero-order chi connectivity index (χ0) is 22.1. The first-order valence-electron chi connectivity index (χ1n) is 10.8. The van der Waals surface area contributed by atoms with Crippen molar-refractivity contribution in [3.05, 3.63) is 59.4 Å². The van der Waals surface area contributed by atoms with Crippen LogP contribution in [0, 0.1) is 13.8 Å². The predicted octanol–water partition coefficient (Wildman–Crippen LogP) is 3.84. The molecule has 164 valence electrons. The molecule has 1 saturated heterocycles. The summed E-state index contributed by atoms with van der Waals surface area (Å²) in [6.45, 7) is 8.74. The highest BCUT2D eigenvalue weighted by Crippen LogP contribution is 2.32. The maximum atomic E-state index is 13.7. The largest absolute Gasteiger partial charge is 0.379 e. The van der Waals surface area contributed by atoms with Gasteiger partial charge in [0.1, 0.15) is 0 Å². The topological polar surface area (TPSA) is 71.5 Å². The summed E-state index contributed by atoms with van der Waals surface area (Å²) in [7, 11) is 0. The van der Waals surface area contributed by atoms with Gasteiger partial charge in [-0.2, -0.15) is 0 Å². The molecule has 0 radical (unpaired) electrons. The van der Waals surface area contributed by atoms with Crippen LogP contribution in [-0.2, 0) is 4.74 Å². The zero-order valence-electron chi connectivity index (χ0n) is 18.2. The van der Waals surface area contributed by atoms with Crippen molar-refractivity contribution in [2.75, 3.05) is 44.3 Å². The average Bonchev–Trinajstić information content (AvgIpc) is 3.26. The number of benzene rings is 2. The van der Waals surface area contributed by atoms with Gasteiger partial charge in [0.05, 0.1) is 34.5 Å². The zero-order valence-corrected chi connectivity index (χ0v) is 19.1. The molecule has 32 heavy (non-hydrogen) atoms. The molecule has 1 fully saturated rings. The first-order valence-corrected chi connectivity index (χ1v) is 11.6. The SMILES string of the molecule is Cc1ccc2sc(N(CCN3CCOCC3)C(=O)c3ccc4nccnc4c3)nc2c1C. The molecule has 1 aliphatic heterocycles. The van der Waals surface area contributed by atoms with Crippen LogP contribution in [0.4, 0.5) is 5.13 Å². The van der Waals surface area contributed by atoms with Gasteiger partial charge in [0.2, 0.25) is 0 Å². The number of thiazole rings is 1. The smallest absolute Gasteiger partial charge is 0.260 e. The Labute approximate surface area is 190 Å². The van der Waals surface area contributed by atoms with Crippen molar-refractivity contribution in [3.8, 4) is 0 Å². The number of hydrogen-bond acceptors (Lipinski definition) is 7. The fourth-order valence-corrected chi connectivity index (χ4v) is 4.98. The summed E-state index contributed by atoms with van der Waals surface area (Å²) in [5.41, 5.74) is 5.41. The Morgan fingerprint density at radius 1 is 1.09 bits per heavy atom. The average molecular weight is 448 g/mol. The van der Waals surface area contributed by atoms with Gasteiger partial charge in [-0.15, -0.1) is 0 Å². The van der Waals surface area contributed by atoms with E-state index in [9.17, 15) is 4.79 Å². The summed E-state index contributed by atoms with van der Waals surface area (Å²) in [4.78, 5) is 31.4. The van der Waals surface area contributed by atoms with Crippen LogP contribution in [-0.4, -0.2) is 65.2 Å². The number of nitrogens with zero attached hydrogens (tertiary/aromatic N) is 5. The van der Waals surface area contributed by atoms with Crippen LogP contribution in [0.3, 0.4) is 0 Å². The van der Waals surface area contributed by atoms with E-state index in [0.717, 1.165) is 59.3 Å². The Morgan fingerprint density at radius 3 is 2.69 bits per heavy atom. The van der Waals surface area contributed by atoms with Crippen molar-refractivity contribution >= 4 is 43.6 Å². The van der Waals surface area contributed by atoms with E-state index in [1.165, 1.54) is 5.56 Å². The summed E-state index contributed by atoms with van der Waals surface area (Å²) in [5, 5.41) is 0.728. The van der Waals surface area contributed by atoms with Crippen molar-refractivity contribution in [2.45, 2.75) is 13.8 Å². The number of aryl methyl sites for hydroxylation is 2. The van der Waals surface area contributed by atoms with Crippen molar-refractivity contribution in [2.24, 2.45) is 0 Å². The van der Waals surface area contributed by atoms with Crippen LogP contribution in [0.25, 0.3) is 21.3 Å². The maximum Gasteiger partial charge on any atom is 0.260 e. The van der Waals surface area contributed by atoms with Gasteiger partial charge in [-0.25, -0.2) is 4.98 Å². The molecule has 0 bridgehead atoms. The quantitative estimate of drug-likeness (QED) is 0.463. The Morgan fingerprint density at radius 2 is 1.88 bits per heavy atom. The van der Waals surface area contributed by atoms with E-state index in [1.54, 1.807) is 23.7 Å². The molecular weight excluding hydrogens is 422 g/mol. The molecule has 0 saturated carbocycles. The first kappa shape index (κ1) is 20.9. The molecule has 0 aliphatic carbocycles. The summed E-state index contributed by atoms with van der Waals surface area (Å²) < 4.78 is 6.56. The lowest BCUT2D eigenvalue weighted by Gasteiger charge is -2.29. The van der Waals surface area contributed by atoms with Crippen molar-refractivity contribution in [3.63, 3.8) is 0 Å². The Balaban J connectivity index is 1.50. The van der Waals surface area contributed by atoms with E-state index in [-0.39, 0.29) is 5.91 Å². The van der Waals surface area contributed by atoms with Gasteiger partial charge in [0.15, 0.2) is 5.13 Å². The van der Waals surface area contributed by atoms with Gasteiger partial charge in [-0.3, -0.25) is 24.6 Å². The molecule has 4 aromatic rings. The van der Waals surface area contributed by atoms with Gasteiger partial charge in [0.25, 0.3) is 5.91 Å². The second-order valence-electron chi connectivity index (χ2n) is 8.02.